The van der Waals surface area contributed by atoms with Crippen LogP contribution in [-0.4, -0.2) is 34.9 Å². The van der Waals surface area contributed by atoms with E-state index < -0.39 is 5.41 Å². The first-order chi connectivity index (χ1) is 9.83. The van der Waals surface area contributed by atoms with Crippen molar-refractivity contribution in [1.29, 1.82) is 0 Å². The summed E-state index contributed by atoms with van der Waals surface area (Å²) in [6.45, 7) is 3.99. The number of ether oxygens (including phenoxy) is 1. The molecular formula is C15H18N2O3S. The monoisotopic (exact) mass is 306 g/mol. The van der Waals surface area contributed by atoms with Crippen LogP contribution in [0.5, 0.6) is 5.75 Å². The van der Waals surface area contributed by atoms with Crippen molar-refractivity contribution in [2.45, 2.75) is 20.3 Å². The number of benzene rings is 1. The standard InChI is InChI=1S/C15H18N2O3S/c1-15(2)9-12(18)17(14(15)19)7-8-20-11-6-4-3-5-10(11)13(16)21/h3-6H,7-9H2,1-2H3,(H2,16,21). The summed E-state index contributed by atoms with van der Waals surface area (Å²) in [5.74, 6) is 0.248. The SMILES string of the molecule is CC1(C)CC(=O)N(CCOc2ccccc2C(N)=S)C1=O. The fourth-order valence-electron chi connectivity index (χ4n) is 2.30. The third-order valence-corrected chi connectivity index (χ3v) is 3.66. The minimum Gasteiger partial charge on any atom is -0.491 e. The van der Waals surface area contributed by atoms with E-state index in [1.807, 2.05) is 12.1 Å². The van der Waals surface area contributed by atoms with Crippen LogP contribution in [0, 0.1) is 5.41 Å². The van der Waals surface area contributed by atoms with Crippen LogP contribution in [0.25, 0.3) is 0 Å². The third-order valence-electron chi connectivity index (χ3n) is 3.44. The summed E-state index contributed by atoms with van der Waals surface area (Å²) >= 11 is 4.95. The number of hydrogen-bond donors (Lipinski definition) is 1. The Morgan fingerprint density at radius 1 is 1.38 bits per heavy atom. The van der Waals surface area contributed by atoms with Crippen molar-refractivity contribution in [2.24, 2.45) is 11.1 Å². The van der Waals surface area contributed by atoms with E-state index in [1.54, 1.807) is 26.0 Å². The van der Waals surface area contributed by atoms with E-state index in [-0.39, 0.29) is 36.4 Å². The van der Waals surface area contributed by atoms with Gasteiger partial charge in [0.1, 0.15) is 17.3 Å². The van der Waals surface area contributed by atoms with Crippen molar-refractivity contribution < 1.29 is 14.3 Å². The molecule has 0 atom stereocenters. The molecule has 2 rings (SSSR count). The van der Waals surface area contributed by atoms with Gasteiger partial charge in [0.2, 0.25) is 11.8 Å². The Morgan fingerprint density at radius 2 is 2.05 bits per heavy atom. The summed E-state index contributed by atoms with van der Waals surface area (Å²) in [6, 6.07) is 7.16. The van der Waals surface area contributed by atoms with E-state index in [1.165, 1.54) is 4.90 Å². The topological polar surface area (TPSA) is 72.6 Å². The molecule has 0 radical (unpaired) electrons. The third kappa shape index (κ3) is 3.21. The second-order valence-electron chi connectivity index (χ2n) is 5.62. The van der Waals surface area contributed by atoms with Crippen molar-refractivity contribution in [3.8, 4) is 5.75 Å². The van der Waals surface area contributed by atoms with Gasteiger partial charge in [0, 0.05) is 6.42 Å². The van der Waals surface area contributed by atoms with Gasteiger partial charge in [-0.25, -0.2) is 0 Å². The minimum atomic E-state index is -0.617. The number of likely N-dealkylation sites (tertiary alicyclic amines) is 1. The van der Waals surface area contributed by atoms with Gasteiger partial charge >= 0.3 is 0 Å². The Bertz CT molecular complexity index is 598. The van der Waals surface area contributed by atoms with Crippen molar-refractivity contribution in [1.82, 2.24) is 4.90 Å². The molecule has 1 saturated heterocycles. The van der Waals surface area contributed by atoms with Crippen LogP contribution in [0.4, 0.5) is 0 Å². The molecule has 0 bridgehead atoms. The van der Waals surface area contributed by atoms with Crippen LogP contribution in [0.3, 0.4) is 0 Å². The number of thiocarbonyl (C=S) groups is 1. The number of nitrogens with two attached hydrogens (primary N) is 1. The van der Waals surface area contributed by atoms with Crippen molar-refractivity contribution in [3.05, 3.63) is 29.8 Å². The van der Waals surface area contributed by atoms with Crippen LogP contribution in [-0.2, 0) is 9.59 Å². The Morgan fingerprint density at radius 3 is 2.62 bits per heavy atom. The van der Waals surface area contributed by atoms with E-state index in [2.05, 4.69) is 0 Å². The Balaban J connectivity index is 1.98. The summed E-state index contributed by atoms with van der Waals surface area (Å²) in [5.41, 5.74) is 5.65. The molecule has 1 fully saturated rings. The van der Waals surface area contributed by atoms with Gasteiger partial charge in [-0.15, -0.1) is 0 Å². The average Bonchev–Trinajstić information content (AvgIpc) is 2.61. The zero-order chi connectivity index (χ0) is 15.6. The molecule has 0 aliphatic carbocycles. The number of para-hydroxylation sites is 1. The molecule has 6 heteroatoms. The molecule has 1 heterocycles. The summed E-state index contributed by atoms with van der Waals surface area (Å²) in [7, 11) is 0. The molecule has 2 N–H and O–H groups in total. The fraction of sp³-hybridized carbons (Fsp3) is 0.400. The molecule has 1 aromatic carbocycles. The first-order valence-electron chi connectivity index (χ1n) is 6.69. The molecular weight excluding hydrogens is 288 g/mol. The van der Waals surface area contributed by atoms with E-state index in [0.717, 1.165) is 0 Å². The number of hydrogen-bond acceptors (Lipinski definition) is 4. The number of carbonyl (C=O) groups excluding carboxylic acids is 2. The Kier molecular flexibility index (Phi) is 4.27. The highest BCUT2D eigenvalue weighted by Crippen LogP contribution is 2.31. The highest BCUT2D eigenvalue weighted by atomic mass is 32.1. The van der Waals surface area contributed by atoms with Crippen LogP contribution < -0.4 is 10.5 Å². The number of imide groups is 1. The van der Waals surface area contributed by atoms with E-state index in [0.29, 0.717) is 11.3 Å². The normalized spacial score (nSPS) is 17.1. The lowest BCUT2D eigenvalue weighted by Gasteiger charge is -2.18. The predicted molar refractivity (Wildman–Crippen MR) is 82.9 cm³/mol. The number of amides is 2. The molecule has 112 valence electrons. The number of rotatable bonds is 5. The van der Waals surface area contributed by atoms with Crippen molar-refractivity contribution in [2.75, 3.05) is 13.2 Å². The van der Waals surface area contributed by atoms with Crippen molar-refractivity contribution >= 4 is 29.0 Å². The first-order valence-corrected chi connectivity index (χ1v) is 7.10. The highest BCUT2D eigenvalue weighted by Gasteiger charge is 2.44. The van der Waals surface area contributed by atoms with Crippen LogP contribution in [0.2, 0.25) is 0 Å². The quantitative estimate of drug-likeness (QED) is 0.659. The highest BCUT2D eigenvalue weighted by molar-refractivity contribution is 7.80. The van der Waals surface area contributed by atoms with Gasteiger partial charge in [-0.3, -0.25) is 14.5 Å². The maximum Gasteiger partial charge on any atom is 0.235 e. The van der Waals surface area contributed by atoms with E-state index >= 15 is 0 Å². The average molecular weight is 306 g/mol. The maximum atomic E-state index is 12.1. The molecule has 5 nitrogen and oxygen atoms in total. The van der Waals surface area contributed by atoms with Gasteiger partial charge in [0.15, 0.2) is 0 Å². The molecule has 0 aromatic heterocycles. The lowest BCUT2D eigenvalue weighted by atomic mass is 9.92. The zero-order valence-electron chi connectivity index (χ0n) is 12.1. The molecule has 1 aliphatic rings. The molecule has 0 spiro atoms. The Hall–Kier alpha value is -1.95. The van der Waals surface area contributed by atoms with Gasteiger partial charge in [-0.1, -0.05) is 38.2 Å². The molecule has 0 unspecified atom stereocenters. The van der Waals surface area contributed by atoms with Gasteiger partial charge in [-0.2, -0.15) is 0 Å². The van der Waals surface area contributed by atoms with Crippen LogP contribution in [0.15, 0.2) is 24.3 Å². The summed E-state index contributed by atoms with van der Waals surface area (Å²) in [6.07, 6.45) is 0.245. The van der Waals surface area contributed by atoms with Crippen LogP contribution >= 0.6 is 12.2 Å². The number of nitrogens with zero attached hydrogens (tertiary/aromatic N) is 1. The zero-order valence-corrected chi connectivity index (χ0v) is 12.9. The largest absolute Gasteiger partial charge is 0.491 e. The lowest BCUT2D eigenvalue weighted by molar-refractivity contribution is -0.141. The summed E-state index contributed by atoms with van der Waals surface area (Å²) in [4.78, 5) is 25.4. The molecule has 1 aliphatic heterocycles. The summed E-state index contributed by atoms with van der Waals surface area (Å²) < 4.78 is 5.61. The second-order valence-corrected chi connectivity index (χ2v) is 6.06. The van der Waals surface area contributed by atoms with E-state index in [9.17, 15) is 9.59 Å². The fourth-order valence-corrected chi connectivity index (χ4v) is 2.47. The van der Waals surface area contributed by atoms with Gasteiger partial charge in [-0.05, 0) is 12.1 Å². The Labute approximate surface area is 129 Å². The second kappa shape index (κ2) is 5.81. The summed E-state index contributed by atoms with van der Waals surface area (Å²) in [5, 5.41) is 0. The van der Waals surface area contributed by atoms with E-state index in [4.69, 9.17) is 22.7 Å². The molecule has 21 heavy (non-hydrogen) atoms. The predicted octanol–water partition coefficient (Wildman–Crippen LogP) is 1.48. The first kappa shape index (κ1) is 15.4. The van der Waals surface area contributed by atoms with Gasteiger partial charge in [0.05, 0.1) is 17.5 Å². The van der Waals surface area contributed by atoms with Crippen molar-refractivity contribution in [3.63, 3.8) is 0 Å². The smallest absolute Gasteiger partial charge is 0.235 e. The maximum absolute atomic E-state index is 12.1. The van der Waals surface area contributed by atoms with Crippen LogP contribution in [0.1, 0.15) is 25.8 Å². The molecule has 2 amide bonds. The number of carbonyl (C=O) groups is 2. The molecule has 1 aromatic rings. The van der Waals surface area contributed by atoms with Gasteiger partial charge in [0.25, 0.3) is 0 Å². The van der Waals surface area contributed by atoms with Gasteiger partial charge < -0.3 is 10.5 Å². The minimum absolute atomic E-state index is 0.154. The lowest BCUT2D eigenvalue weighted by Crippen LogP contribution is -2.36. The molecule has 0 saturated carbocycles.